The van der Waals surface area contributed by atoms with Crippen LogP contribution in [-0.4, -0.2) is 40.0 Å². The highest BCUT2D eigenvalue weighted by atomic mass is 16.5. The Morgan fingerprint density at radius 2 is 2.07 bits per heavy atom. The Morgan fingerprint density at radius 1 is 1.27 bits per heavy atom. The zero-order valence-corrected chi connectivity index (χ0v) is 17.2. The molecule has 7 heteroatoms. The largest absolute Gasteiger partial charge is 0.481 e. The number of likely N-dealkylation sites (tertiary alicyclic amines) is 1. The summed E-state index contributed by atoms with van der Waals surface area (Å²) in [6, 6.07) is 8.82. The molecule has 1 unspecified atom stereocenters. The summed E-state index contributed by atoms with van der Waals surface area (Å²) in [5, 5.41) is 0.884. The number of carbonyl (C=O) groups is 1. The van der Waals surface area contributed by atoms with E-state index in [0.29, 0.717) is 30.3 Å². The second kappa shape index (κ2) is 8.65. The lowest BCUT2D eigenvalue weighted by atomic mass is 9.93. The molecule has 30 heavy (non-hydrogen) atoms. The van der Waals surface area contributed by atoms with Crippen LogP contribution >= 0.6 is 0 Å². The summed E-state index contributed by atoms with van der Waals surface area (Å²) in [6.07, 6.45) is 5.18. The van der Waals surface area contributed by atoms with E-state index in [1.54, 1.807) is 25.5 Å². The predicted molar refractivity (Wildman–Crippen MR) is 113 cm³/mol. The van der Waals surface area contributed by atoms with Gasteiger partial charge in [-0.25, -0.2) is 14.8 Å². The normalized spacial score (nSPS) is 15.9. The first-order chi connectivity index (χ1) is 14.5. The van der Waals surface area contributed by atoms with E-state index >= 15 is 0 Å². The topological polar surface area (TPSA) is 85.5 Å². The number of aromatic nitrogens is 2. The number of aryl methyl sites for hydroxylation is 1. The molecule has 0 aliphatic carbocycles. The molecule has 0 bridgehead atoms. The zero-order chi connectivity index (χ0) is 21.1. The molecule has 0 saturated carbocycles. The van der Waals surface area contributed by atoms with Crippen LogP contribution in [-0.2, 0) is 11.2 Å². The first kappa shape index (κ1) is 20.1. The van der Waals surface area contributed by atoms with Crippen molar-refractivity contribution in [3.8, 4) is 5.75 Å². The molecule has 3 aromatic rings. The Morgan fingerprint density at radius 3 is 2.77 bits per heavy atom. The summed E-state index contributed by atoms with van der Waals surface area (Å²) in [7, 11) is 0. The first-order valence-corrected chi connectivity index (χ1v) is 10.3. The van der Waals surface area contributed by atoms with Crippen molar-refractivity contribution in [3.05, 3.63) is 64.5 Å². The third-order valence-electron chi connectivity index (χ3n) is 5.67. The minimum absolute atomic E-state index is 0.0417. The maximum absolute atomic E-state index is 12.9. The van der Waals surface area contributed by atoms with Gasteiger partial charge in [0.05, 0.1) is 0 Å². The van der Waals surface area contributed by atoms with Crippen LogP contribution in [0.5, 0.6) is 5.75 Å². The second-order valence-corrected chi connectivity index (χ2v) is 7.60. The fourth-order valence-corrected chi connectivity index (χ4v) is 4.03. The number of rotatable bonds is 5. The molecule has 4 rings (SSSR count). The average Bonchev–Trinajstić information content (AvgIpc) is 2.78. The van der Waals surface area contributed by atoms with Crippen molar-refractivity contribution >= 4 is 16.9 Å². The molecule has 1 aromatic carbocycles. The third-order valence-corrected chi connectivity index (χ3v) is 5.67. The number of carbonyl (C=O) groups excluding carboxylic acids is 1. The van der Waals surface area contributed by atoms with Crippen LogP contribution < -0.4 is 10.4 Å². The van der Waals surface area contributed by atoms with Crippen LogP contribution in [0.4, 0.5) is 0 Å². The molecule has 1 amide bonds. The Hall–Kier alpha value is -3.22. The highest BCUT2D eigenvalue weighted by Crippen LogP contribution is 2.27. The lowest BCUT2D eigenvalue weighted by Gasteiger charge is -2.33. The van der Waals surface area contributed by atoms with Crippen molar-refractivity contribution < 1.29 is 13.9 Å². The van der Waals surface area contributed by atoms with Crippen molar-refractivity contribution in [2.45, 2.75) is 45.1 Å². The number of amides is 1. The summed E-state index contributed by atoms with van der Waals surface area (Å²) in [6.45, 7) is 5.09. The number of benzene rings is 1. The van der Waals surface area contributed by atoms with Gasteiger partial charge < -0.3 is 14.1 Å². The van der Waals surface area contributed by atoms with Crippen LogP contribution in [0.2, 0.25) is 0 Å². The molecule has 156 valence electrons. The van der Waals surface area contributed by atoms with Crippen molar-refractivity contribution in [1.82, 2.24) is 14.9 Å². The van der Waals surface area contributed by atoms with E-state index in [4.69, 9.17) is 9.15 Å². The van der Waals surface area contributed by atoms with E-state index in [-0.39, 0.29) is 11.5 Å². The standard InChI is InChI=1S/C23H25N3O4/c1-3-16-12-22(27)30-21-13-18(4-5-19(16)21)29-15(2)23(28)26-10-7-17(8-11-26)20-6-9-24-14-25-20/h4-6,9,12-15,17H,3,7-8,10-11H2,1-2H3. The molecule has 1 atom stereocenters. The quantitative estimate of drug-likeness (QED) is 0.603. The van der Waals surface area contributed by atoms with Gasteiger partial charge in [-0.2, -0.15) is 0 Å². The number of hydrogen-bond donors (Lipinski definition) is 0. The molecule has 1 aliphatic rings. The monoisotopic (exact) mass is 407 g/mol. The molecular weight excluding hydrogens is 382 g/mol. The summed E-state index contributed by atoms with van der Waals surface area (Å²) in [4.78, 5) is 34.8. The van der Waals surface area contributed by atoms with Crippen LogP contribution in [0.3, 0.4) is 0 Å². The first-order valence-electron chi connectivity index (χ1n) is 10.3. The lowest BCUT2D eigenvalue weighted by molar-refractivity contribution is -0.139. The SMILES string of the molecule is CCc1cc(=O)oc2cc(OC(C)C(=O)N3CCC(c4ccncn4)CC3)ccc12. The second-order valence-electron chi connectivity index (χ2n) is 7.60. The highest BCUT2D eigenvalue weighted by molar-refractivity contribution is 5.83. The van der Waals surface area contributed by atoms with Crippen LogP contribution in [0.25, 0.3) is 11.0 Å². The molecule has 0 spiro atoms. The maximum atomic E-state index is 12.9. The van der Waals surface area contributed by atoms with Gasteiger partial charge in [0.15, 0.2) is 6.10 Å². The Kier molecular flexibility index (Phi) is 5.79. The van der Waals surface area contributed by atoms with Crippen LogP contribution in [0.15, 0.2) is 52.1 Å². The zero-order valence-electron chi connectivity index (χ0n) is 17.2. The minimum atomic E-state index is -0.626. The smallest absolute Gasteiger partial charge is 0.336 e. The molecule has 0 radical (unpaired) electrons. The number of ether oxygens (including phenoxy) is 1. The molecule has 2 aromatic heterocycles. The fourth-order valence-electron chi connectivity index (χ4n) is 4.03. The summed E-state index contributed by atoms with van der Waals surface area (Å²) in [5.41, 5.74) is 2.06. The van der Waals surface area contributed by atoms with Gasteiger partial charge in [-0.05, 0) is 49.9 Å². The molecule has 1 saturated heterocycles. The minimum Gasteiger partial charge on any atom is -0.481 e. The van der Waals surface area contributed by atoms with Crippen molar-refractivity contribution in [2.75, 3.05) is 13.1 Å². The summed E-state index contributed by atoms with van der Waals surface area (Å²) >= 11 is 0. The fraction of sp³-hybridized carbons (Fsp3) is 0.391. The number of fused-ring (bicyclic) bond motifs is 1. The number of nitrogens with zero attached hydrogens (tertiary/aromatic N) is 3. The van der Waals surface area contributed by atoms with Gasteiger partial charge in [-0.1, -0.05) is 6.92 Å². The van der Waals surface area contributed by atoms with Gasteiger partial charge in [-0.3, -0.25) is 4.79 Å². The molecule has 1 aliphatic heterocycles. The van der Waals surface area contributed by atoms with E-state index in [1.807, 2.05) is 30.0 Å². The third kappa shape index (κ3) is 4.20. The number of hydrogen-bond acceptors (Lipinski definition) is 6. The Bertz CT molecular complexity index is 1090. The molecule has 3 heterocycles. The molecule has 0 N–H and O–H groups in total. The Labute approximate surface area is 174 Å². The van der Waals surface area contributed by atoms with Gasteiger partial charge in [0.2, 0.25) is 0 Å². The molecule has 7 nitrogen and oxygen atoms in total. The van der Waals surface area contributed by atoms with Gasteiger partial charge in [-0.15, -0.1) is 0 Å². The molecule has 1 fully saturated rings. The van der Waals surface area contributed by atoms with Crippen LogP contribution in [0.1, 0.15) is 43.9 Å². The summed E-state index contributed by atoms with van der Waals surface area (Å²) in [5.74, 6) is 0.819. The van der Waals surface area contributed by atoms with E-state index in [1.165, 1.54) is 6.07 Å². The van der Waals surface area contributed by atoms with Crippen molar-refractivity contribution in [3.63, 3.8) is 0 Å². The van der Waals surface area contributed by atoms with E-state index < -0.39 is 6.10 Å². The average molecular weight is 407 g/mol. The maximum Gasteiger partial charge on any atom is 0.336 e. The van der Waals surface area contributed by atoms with Gasteiger partial charge in [0.1, 0.15) is 17.7 Å². The summed E-state index contributed by atoms with van der Waals surface area (Å²) < 4.78 is 11.2. The van der Waals surface area contributed by atoms with Crippen LogP contribution in [0, 0.1) is 0 Å². The highest BCUT2D eigenvalue weighted by Gasteiger charge is 2.28. The predicted octanol–water partition coefficient (Wildman–Crippen LogP) is 3.32. The molecular formula is C23H25N3O4. The van der Waals surface area contributed by atoms with Crippen molar-refractivity contribution in [1.29, 1.82) is 0 Å². The van der Waals surface area contributed by atoms with Crippen molar-refractivity contribution in [2.24, 2.45) is 0 Å². The Balaban J connectivity index is 1.41. The van der Waals surface area contributed by atoms with Gasteiger partial charge in [0, 0.05) is 48.4 Å². The van der Waals surface area contributed by atoms with E-state index in [0.717, 1.165) is 35.9 Å². The lowest BCUT2D eigenvalue weighted by Crippen LogP contribution is -2.44. The number of piperidine rings is 1. The van der Waals surface area contributed by atoms with Gasteiger partial charge >= 0.3 is 5.63 Å². The van der Waals surface area contributed by atoms with E-state index in [2.05, 4.69) is 9.97 Å². The van der Waals surface area contributed by atoms with E-state index in [9.17, 15) is 9.59 Å². The van der Waals surface area contributed by atoms with Gasteiger partial charge in [0.25, 0.3) is 5.91 Å².